The van der Waals surface area contributed by atoms with Crippen LogP contribution in [0.1, 0.15) is 43.7 Å². The minimum Gasteiger partial charge on any atom is -0.308 e. The Morgan fingerprint density at radius 1 is 1.15 bits per heavy atom. The third kappa shape index (κ3) is 3.71. The number of hydrogen-bond acceptors (Lipinski definition) is 2. The van der Waals surface area contributed by atoms with Crippen molar-refractivity contribution in [2.45, 2.75) is 38.1 Å². The Balaban J connectivity index is 1.52. The molecule has 0 radical (unpaired) electrons. The van der Waals surface area contributed by atoms with E-state index in [9.17, 15) is 0 Å². The molecule has 2 aliphatic rings. The van der Waals surface area contributed by atoms with Crippen molar-refractivity contribution in [3.8, 4) is 0 Å². The Kier molecular flexibility index (Phi) is 4.88. The summed E-state index contributed by atoms with van der Waals surface area (Å²) >= 11 is 0. The van der Waals surface area contributed by atoms with Crippen LogP contribution in [0.2, 0.25) is 0 Å². The predicted octanol–water partition coefficient (Wildman–Crippen LogP) is 3.52. The third-order valence-corrected chi connectivity index (χ3v) is 4.60. The highest BCUT2D eigenvalue weighted by Crippen LogP contribution is 2.22. The molecule has 20 heavy (non-hydrogen) atoms. The molecule has 1 heterocycles. The van der Waals surface area contributed by atoms with E-state index in [1.54, 1.807) is 5.57 Å². The van der Waals surface area contributed by atoms with Crippen LogP contribution >= 0.6 is 0 Å². The van der Waals surface area contributed by atoms with E-state index in [1.807, 2.05) is 0 Å². The monoisotopic (exact) mass is 270 g/mol. The fourth-order valence-corrected chi connectivity index (χ4v) is 3.36. The standard InChI is InChI=1S/C18H26N2/c1-3-7-16(8-4-1)11-13-20-14-12-19-18(15-20)17-9-5-2-6-10-17/h2,5-7,9-10,18-19H,1,3-4,8,11-15H2. The van der Waals surface area contributed by atoms with Gasteiger partial charge in [-0.1, -0.05) is 42.0 Å². The van der Waals surface area contributed by atoms with Crippen LogP contribution in [0.5, 0.6) is 0 Å². The zero-order chi connectivity index (χ0) is 13.6. The molecule has 1 aromatic carbocycles. The molecule has 1 saturated heterocycles. The number of hydrogen-bond donors (Lipinski definition) is 1. The molecule has 1 N–H and O–H groups in total. The molecule has 1 fully saturated rings. The van der Waals surface area contributed by atoms with Gasteiger partial charge in [0, 0.05) is 32.2 Å². The summed E-state index contributed by atoms with van der Waals surface area (Å²) in [5.41, 5.74) is 3.13. The molecular weight excluding hydrogens is 244 g/mol. The first-order valence-electron chi connectivity index (χ1n) is 8.10. The third-order valence-electron chi connectivity index (χ3n) is 4.60. The van der Waals surface area contributed by atoms with E-state index in [1.165, 1.54) is 50.8 Å². The van der Waals surface area contributed by atoms with Crippen LogP contribution in [0, 0.1) is 0 Å². The summed E-state index contributed by atoms with van der Waals surface area (Å²) in [6, 6.07) is 11.4. The molecule has 1 unspecified atom stereocenters. The van der Waals surface area contributed by atoms with Crippen LogP contribution in [-0.2, 0) is 0 Å². The minimum atomic E-state index is 0.505. The molecule has 1 atom stereocenters. The van der Waals surface area contributed by atoms with E-state index in [0.29, 0.717) is 6.04 Å². The van der Waals surface area contributed by atoms with Gasteiger partial charge in [-0.3, -0.25) is 4.90 Å². The normalized spacial score (nSPS) is 24.4. The second kappa shape index (κ2) is 7.05. The summed E-state index contributed by atoms with van der Waals surface area (Å²) in [5.74, 6) is 0. The molecule has 1 aliphatic carbocycles. The zero-order valence-electron chi connectivity index (χ0n) is 12.4. The maximum atomic E-state index is 3.65. The molecule has 2 heteroatoms. The van der Waals surface area contributed by atoms with Crippen LogP contribution in [0.25, 0.3) is 0 Å². The second-order valence-corrected chi connectivity index (χ2v) is 6.08. The lowest BCUT2D eigenvalue weighted by Gasteiger charge is -2.34. The number of allylic oxidation sites excluding steroid dienone is 1. The summed E-state index contributed by atoms with van der Waals surface area (Å²) in [5, 5.41) is 3.65. The van der Waals surface area contributed by atoms with Crippen molar-refractivity contribution in [3.05, 3.63) is 47.5 Å². The smallest absolute Gasteiger partial charge is 0.0449 e. The number of piperazine rings is 1. The van der Waals surface area contributed by atoms with E-state index >= 15 is 0 Å². The molecule has 1 aromatic rings. The molecule has 1 aliphatic heterocycles. The lowest BCUT2D eigenvalue weighted by molar-refractivity contribution is 0.202. The van der Waals surface area contributed by atoms with Crippen LogP contribution < -0.4 is 5.32 Å². The average molecular weight is 270 g/mol. The Morgan fingerprint density at radius 2 is 2.05 bits per heavy atom. The van der Waals surface area contributed by atoms with Crippen molar-refractivity contribution >= 4 is 0 Å². The SMILES string of the molecule is C1=C(CCN2CCNC(c3ccccc3)C2)CCCC1. The molecule has 108 valence electrons. The summed E-state index contributed by atoms with van der Waals surface area (Å²) in [7, 11) is 0. The molecule has 0 bridgehead atoms. The number of nitrogens with one attached hydrogen (secondary N) is 1. The molecular formula is C18H26N2. The van der Waals surface area contributed by atoms with Gasteiger partial charge in [0.25, 0.3) is 0 Å². The lowest BCUT2D eigenvalue weighted by atomic mass is 9.97. The van der Waals surface area contributed by atoms with Gasteiger partial charge in [-0.15, -0.1) is 0 Å². The van der Waals surface area contributed by atoms with Gasteiger partial charge in [-0.2, -0.15) is 0 Å². The number of benzene rings is 1. The lowest BCUT2D eigenvalue weighted by Crippen LogP contribution is -2.46. The quantitative estimate of drug-likeness (QED) is 0.842. The van der Waals surface area contributed by atoms with Gasteiger partial charge in [0.2, 0.25) is 0 Å². The van der Waals surface area contributed by atoms with Gasteiger partial charge >= 0.3 is 0 Å². The average Bonchev–Trinajstić information content (AvgIpc) is 2.55. The van der Waals surface area contributed by atoms with Crippen molar-refractivity contribution in [2.24, 2.45) is 0 Å². The van der Waals surface area contributed by atoms with Crippen LogP contribution in [0.3, 0.4) is 0 Å². The summed E-state index contributed by atoms with van der Waals surface area (Å²) in [6.45, 7) is 4.68. The first kappa shape index (κ1) is 13.8. The van der Waals surface area contributed by atoms with Gasteiger partial charge in [-0.25, -0.2) is 0 Å². The summed E-state index contributed by atoms with van der Waals surface area (Å²) < 4.78 is 0. The summed E-state index contributed by atoms with van der Waals surface area (Å²) in [4.78, 5) is 2.63. The zero-order valence-corrected chi connectivity index (χ0v) is 12.4. The Bertz CT molecular complexity index is 438. The van der Waals surface area contributed by atoms with Gasteiger partial charge in [0.15, 0.2) is 0 Å². The number of rotatable bonds is 4. The molecule has 0 aromatic heterocycles. The number of nitrogens with zero attached hydrogens (tertiary/aromatic N) is 1. The van der Waals surface area contributed by atoms with Crippen LogP contribution in [0.4, 0.5) is 0 Å². The second-order valence-electron chi connectivity index (χ2n) is 6.08. The maximum Gasteiger partial charge on any atom is 0.0449 e. The largest absolute Gasteiger partial charge is 0.308 e. The summed E-state index contributed by atoms with van der Waals surface area (Å²) in [6.07, 6.45) is 9.22. The van der Waals surface area contributed by atoms with E-state index in [0.717, 1.165) is 13.1 Å². The van der Waals surface area contributed by atoms with Crippen molar-refractivity contribution in [1.82, 2.24) is 10.2 Å². The van der Waals surface area contributed by atoms with Crippen molar-refractivity contribution in [2.75, 3.05) is 26.2 Å². The molecule has 2 nitrogen and oxygen atoms in total. The van der Waals surface area contributed by atoms with Gasteiger partial charge in [0.1, 0.15) is 0 Å². The topological polar surface area (TPSA) is 15.3 Å². The van der Waals surface area contributed by atoms with Crippen molar-refractivity contribution < 1.29 is 0 Å². The Hall–Kier alpha value is -1.12. The Labute approximate surface area is 122 Å². The van der Waals surface area contributed by atoms with Crippen LogP contribution in [-0.4, -0.2) is 31.1 Å². The predicted molar refractivity (Wildman–Crippen MR) is 84.8 cm³/mol. The maximum absolute atomic E-state index is 3.65. The Morgan fingerprint density at radius 3 is 2.85 bits per heavy atom. The highest BCUT2D eigenvalue weighted by molar-refractivity contribution is 5.19. The van der Waals surface area contributed by atoms with E-state index in [-0.39, 0.29) is 0 Å². The van der Waals surface area contributed by atoms with E-state index in [4.69, 9.17) is 0 Å². The van der Waals surface area contributed by atoms with Gasteiger partial charge < -0.3 is 5.32 Å². The first-order chi connectivity index (χ1) is 9.92. The fourth-order valence-electron chi connectivity index (χ4n) is 3.36. The van der Waals surface area contributed by atoms with E-state index in [2.05, 4.69) is 46.6 Å². The fraction of sp³-hybridized carbons (Fsp3) is 0.556. The van der Waals surface area contributed by atoms with Gasteiger partial charge in [-0.05, 0) is 37.7 Å². The molecule has 0 spiro atoms. The van der Waals surface area contributed by atoms with Crippen molar-refractivity contribution in [3.63, 3.8) is 0 Å². The van der Waals surface area contributed by atoms with E-state index < -0.39 is 0 Å². The highest BCUT2D eigenvalue weighted by atomic mass is 15.2. The highest BCUT2D eigenvalue weighted by Gasteiger charge is 2.20. The van der Waals surface area contributed by atoms with Gasteiger partial charge in [0.05, 0.1) is 0 Å². The molecule has 0 saturated carbocycles. The van der Waals surface area contributed by atoms with Crippen molar-refractivity contribution in [1.29, 1.82) is 0 Å². The first-order valence-corrected chi connectivity index (χ1v) is 8.10. The molecule has 3 rings (SSSR count). The molecule has 0 amide bonds. The van der Waals surface area contributed by atoms with Crippen LogP contribution in [0.15, 0.2) is 42.0 Å². The minimum absolute atomic E-state index is 0.505.